The van der Waals surface area contributed by atoms with Crippen molar-refractivity contribution in [1.29, 1.82) is 0 Å². The van der Waals surface area contributed by atoms with Gasteiger partial charge in [-0.2, -0.15) is 0 Å². The summed E-state index contributed by atoms with van der Waals surface area (Å²) in [6, 6.07) is 23.0. The van der Waals surface area contributed by atoms with Crippen LogP contribution in [0.15, 0.2) is 77.3 Å². The Bertz CT molecular complexity index is 1080. The van der Waals surface area contributed by atoms with Crippen LogP contribution in [0.3, 0.4) is 0 Å². The van der Waals surface area contributed by atoms with Gasteiger partial charge in [0.1, 0.15) is 0 Å². The van der Waals surface area contributed by atoms with Gasteiger partial charge in [0.05, 0.1) is 27.3 Å². The summed E-state index contributed by atoms with van der Waals surface area (Å²) in [5.41, 5.74) is 2.35. The van der Waals surface area contributed by atoms with E-state index in [0.717, 1.165) is 20.3 Å². The molecular weight excluding hydrogens is 444 g/mol. The van der Waals surface area contributed by atoms with Crippen LogP contribution in [0.25, 0.3) is 10.2 Å². The molecule has 4 rings (SSSR count). The first-order valence-electron chi connectivity index (χ1n) is 8.28. The number of fused-ring (bicyclic) bond motifs is 1. The summed E-state index contributed by atoms with van der Waals surface area (Å²) in [6.07, 6.45) is 0. The number of halogens is 2. The highest BCUT2D eigenvalue weighted by Gasteiger charge is 2.23. The molecule has 0 N–H and O–H groups in total. The summed E-state index contributed by atoms with van der Waals surface area (Å²) in [6.45, 7) is 0.419. The Balaban J connectivity index is 1.79. The quantitative estimate of drug-likeness (QED) is 0.348. The zero-order chi connectivity index (χ0) is 18.8. The van der Waals surface area contributed by atoms with Gasteiger partial charge in [0.15, 0.2) is 5.13 Å². The van der Waals surface area contributed by atoms with Gasteiger partial charge in [-0.05, 0) is 35.9 Å². The Morgan fingerprint density at radius 3 is 2.56 bits per heavy atom. The second-order valence-corrected chi connectivity index (χ2v) is 8.30. The lowest BCUT2D eigenvalue weighted by atomic mass is 10.1. The fourth-order valence-corrected chi connectivity index (χ4v) is 4.30. The van der Waals surface area contributed by atoms with Crippen LogP contribution in [-0.4, -0.2) is 10.9 Å². The van der Waals surface area contributed by atoms with Crippen molar-refractivity contribution in [3.8, 4) is 0 Å². The van der Waals surface area contributed by atoms with E-state index in [4.69, 9.17) is 11.6 Å². The normalized spacial score (nSPS) is 10.9. The van der Waals surface area contributed by atoms with Gasteiger partial charge in [-0.25, -0.2) is 4.98 Å². The summed E-state index contributed by atoms with van der Waals surface area (Å²) in [4.78, 5) is 19.8. The minimum atomic E-state index is -0.177. The van der Waals surface area contributed by atoms with Gasteiger partial charge in [0.2, 0.25) is 0 Å². The summed E-state index contributed by atoms with van der Waals surface area (Å²) < 4.78 is 1.85. The molecule has 1 heterocycles. The van der Waals surface area contributed by atoms with Crippen molar-refractivity contribution in [2.75, 3.05) is 4.90 Å². The number of para-hydroxylation sites is 1. The van der Waals surface area contributed by atoms with Crippen molar-refractivity contribution in [2.45, 2.75) is 6.54 Å². The van der Waals surface area contributed by atoms with Crippen molar-refractivity contribution in [2.24, 2.45) is 0 Å². The molecule has 1 amide bonds. The largest absolute Gasteiger partial charge is 0.279 e. The third-order valence-corrected chi connectivity index (χ3v) is 5.98. The Morgan fingerprint density at radius 2 is 1.78 bits per heavy atom. The maximum atomic E-state index is 13.4. The number of anilines is 1. The topological polar surface area (TPSA) is 33.2 Å². The summed E-state index contributed by atoms with van der Waals surface area (Å²) in [7, 11) is 0. The first-order chi connectivity index (χ1) is 13.1. The van der Waals surface area contributed by atoms with Gasteiger partial charge in [0.25, 0.3) is 5.91 Å². The molecule has 0 saturated carbocycles. The van der Waals surface area contributed by atoms with E-state index in [1.54, 1.807) is 17.0 Å². The molecule has 0 aliphatic heterocycles. The molecule has 3 aromatic carbocycles. The highest BCUT2D eigenvalue weighted by molar-refractivity contribution is 9.10. The molecule has 0 radical (unpaired) electrons. The maximum absolute atomic E-state index is 13.4. The fraction of sp³-hybridized carbons (Fsp3) is 0.0476. The summed E-state index contributed by atoms with van der Waals surface area (Å²) in [5.74, 6) is -0.177. The molecule has 0 atom stereocenters. The van der Waals surface area contributed by atoms with Crippen LogP contribution >= 0.6 is 38.9 Å². The van der Waals surface area contributed by atoms with Gasteiger partial charge in [-0.3, -0.25) is 9.69 Å². The van der Waals surface area contributed by atoms with E-state index in [9.17, 15) is 4.79 Å². The fourth-order valence-electron chi connectivity index (χ4n) is 2.77. The molecule has 0 spiro atoms. The Labute approximate surface area is 174 Å². The number of carbonyl (C=O) groups is 1. The maximum Gasteiger partial charge on any atom is 0.261 e. The predicted molar refractivity (Wildman–Crippen MR) is 116 cm³/mol. The molecule has 3 nitrogen and oxygen atoms in total. The first-order valence-corrected chi connectivity index (χ1v) is 10.3. The molecule has 0 fully saturated rings. The van der Waals surface area contributed by atoms with E-state index in [-0.39, 0.29) is 5.91 Å². The standard InChI is InChI=1S/C21H14BrClN2OS/c22-15-10-11-17(23)16(12-15)20(26)25(13-14-6-2-1-3-7-14)21-24-18-8-4-5-9-19(18)27-21/h1-12H,13H2. The van der Waals surface area contributed by atoms with E-state index in [1.807, 2.05) is 60.7 Å². The van der Waals surface area contributed by atoms with Crippen LogP contribution in [0, 0.1) is 0 Å². The Hall–Kier alpha value is -2.21. The molecule has 0 unspecified atom stereocenters. The molecule has 6 heteroatoms. The molecule has 0 bridgehead atoms. The van der Waals surface area contributed by atoms with Crippen molar-refractivity contribution < 1.29 is 4.79 Å². The number of carbonyl (C=O) groups excluding carboxylic acids is 1. The number of thiazole rings is 1. The minimum absolute atomic E-state index is 0.177. The van der Waals surface area contributed by atoms with Crippen LogP contribution in [-0.2, 0) is 6.54 Å². The van der Waals surface area contributed by atoms with Gasteiger partial charge in [-0.15, -0.1) is 0 Å². The van der Waals surface area contributed by atoms with Gasteiger partial charge < -0.3 is 0 Å². The lowest BCUT2D eigenvalue weighted by Crippen LogP contribution is -2.30. The third kappa shape index (κ3) is 3.90. The number of aromatic nitrogens is 1. The van der Waals surface area contributed by atoms with Crippen LogP contribution in [0.5, 0.6) is 0 Å². The van der Waals surface area contributed by atoms with Crippen LogP contribution in [0.4, 0.5) is 5.13 Å². The Kier molecular flexibility index (Phi) is 5.25. The van der Waals surface area contributed by atoms with Gasteiger partial charge in [-0.1, -0.05) is 81.3 Å². The Morgan fingerprint density at radius 1 is 1.04 bits per heavy atom. The second-order valence-electron chi connectivity index (χ2n) is 5.97. The molecule has 4 aromatic rings. The average molecular weight is 458 g/mol. The smallest absolute Gasteiger partial charge is 0.261 e. The van der Waals surface area contributed by atoms with Crippen LogP contribution in [0.1, 0.15) is 15.9 Å². The van der Waals surface area contributed by atoms with Crippen molar-refractivity contribution in [3.63, 3.8) is 0 Å². The van der Waals surface area contributed by atoms with E-state index in [1.165, 1.54) is 11.3 Å². The highest BCUT2D eigenvalue weighted by atomic mass is 79.9. The average Bonchev–Trinajstić information content (AvgIpc) is 3.12. The summed E-state index contributed by atoms with van der Waals surface area (Å²) in [5, 5.41) is 1.07. The second kappa shape index (κ2) is 7.80. The minimum Gasteiger partial charge on any atom is -0.279 e. The van der Waals surface area contributed by atoms with Crippen LogP contribution in [0.2, 0.25) is 5.02 Å². The zero-order valence-corrected chi connectivity index (χ0v) is 17.3. The van der Waals surface area contributed by atoms with E-state index >= 15 is 0 Å². The molecule has 0 saturated heterocycles. The van der Waals surface area contributed by atoms with Gasteiger partial charge in [0, 0.05) is 4.47 Å². The molecular formula is C21H14BrClN2OS. The van der Waals surface area contributed by atoms with Crippen molar-refractivity contribution in [3.05, 3.63) is 93.4 Å². The molecule has 0 aliphatic carbocycles. The number of rotatable bonds is 4. The molecule has 0 aliphatic rings. The van der Waals surface area contributed by atoms with Crippen molar-refractivity contribution in [1.82, 2.24) is 4.98 Å². The zero-order valence-electron chi connectivity index (χ0n) is 14.1. The molecule has 27 heavy (non-hydrogen) atoms. The summed E-state index contributed by atoms with van der Waals surface area (Å²) >= 11 is 11.2. The monoisotopic (exact) mass is 456 g/mol. The highest BCUT2D eigenvalue weighted by Crippen LogP contribution is 2.32. The number of amides is 1. The lowest BCUT2D eigenvalue weighted by molar-refractivity contribution is 0.0985. The van der Waals surface area contributed by atoms with E-state index < -0.39 is 0 Å². The van der Waals surface area contributed by atoms with E-state index in [2.05, 4.69) is 20.9 Å². The van der Waals surface area contributed by atoms with Gasteiger partial charge >= 0.3 is 0 Å². The van der Waals surface area contributed by atoms with Crippen LogP contribution < -0.4 is 4.90 Å². The molecule has 1 aromatic heterocycles. The number of hydrogen-bond donors (Lipinski definition) is 0. The predicted octanol–water partition coefficient (Wildman–Crippen LogP) is 6.56. The first kappa shape index (κ1) is 18.2. The van der Waals surface area contributed by atoms with Crippen molar-refractivity contribution >= 4 is 60.1 Å². The SMILES string of the molecule is O=C(c1cc(Br)ccc1Cl)N(Cc1ccccc1)c1nc2ccccc2s1. The van der Waals surface area contributed by atoms with E-state index in [0.29, 0.717) is 22.3 Å². The number of hydrogen-bond acceptors (Lipinski definition) is 3. The third-order valence-electron chi connectivity index (χ3n) is 4.10. The molecule has 134 valence electrons. The lowest BCUT2D eigenvalue weighted by Gasteiger charge is -2.21. The number of benzene rings is 3. The number of nitrogens with zero attached hydrogens (tertiary/aromatic N) is 2.